The molecule has 2 N–H and O–H groups in total. The van der Waals surface area contributed by atoms with Gasteiger partial charge in [0.2, 0.25) is 0 Å². The van der Waals surface area contributed by atoms with E-state index >= 15 is 0 Å². The van der Waals surface area contributed by atoms with Gasteiger partial charge in [-0.2, -0.15) is 0 Å². The zero-order valence-corrected chi connectivity index (χ0v) is 10.6. The molecule has 1 heterocycles. The van der Waals surface area contributed by atoms with Crippen LogP contribution in [0.1, 0.15) is 36.2 Å². The number of carboxylic acids is 1. The normalized spacial score (nSPS) is 22.2. The number of furan rings is 1. The maximum Gasteiger partial charge on any atom is 0.433 e. The van der Waals surface area contributed by atoms with E-state index in [2.05, 4.69) is 5.32 Å². The topological polar surface area (TPSA) is 123 Å². The van der Waals surface area contributed by atoms with Gasteiger partial charge in [-0.1, -0.05) is 0 Å². The maximum atomic E-state index is 11.8. The molecular weight excluding hydrogens is 268 g/mol. The molecule has 8 nitrogen and oxygen atoms in total. The third-order valence-electron chi connectivity index (χ3n) is 3.41. The molecule has 20 heavy (non-hydrogen) atoms. The minimum Gasteiger partial charge on any atom is -0.481 e. The van der Waals surface area contributed by atoms with E-state index in [-0.39, 0.29) is 17.7 Å². The van der Waals surface area contributed by atoms with Gasteiger partial charge in [0.1, 0.15) is 4.92 Å². The van der Waals surface area contributed by atoms with Crippen molar-refractivity contribution in [3.8, 4) is 0 Å². The molecule has 108 valence electrons. The van der Waals surface area contributed by atoms with Crippen LogP contribution >= 0.6 is 0 Å². The predicted molar refractivity (Wildman–Crippen MR) is 66.2 cm³/mol. The number of carboxylic acid groups (broad SMARTS) is 1. The Morgan fingerprint density at radius 2 is 1.95 bits per heavy atom. The van der Waals surface area contributed by atoms with Crippen molar-refractivity contribution in [2.45, 2.75) is 31.7 Å². The second-order valence-electron chi connectivity index (χ2n) is 4.76. The van der Waals surface area contributed by atoms with Gasteiger partial charge < -0.3 is 14.8 Å². The molecule has 0 saturated heterocycles. The monoisotopic (exact) mass is 282 g/mol. The Morgan fingerprint density at radius 1 is 1.30 bits per heavy atom. The van der Waals surface area contributed by atoms with Crippen molar-refractivity contribution in [3.63, 3.8) is 0 Å². The van der Waals surface area contributed by atoms with Gasteiger partial charge in [-0.15, -0.1) is 0 Å². The van der Waals surface area contributed by atoms with Gasteiger partial charge >= 0.3 is 11.9 Å². The summed E-state index contributed by atoms with van der Waals surface area (Å²) >= 11 is 0. The summed E-state index contributed by atoms with van der Waals surface area (Å²) in [5, 5.41) is 22.0. The van der Waals surface area contributed by atoms with Gasteiger partial charge in [-0.3, -0.25) is 19.7 Å². The first-order valence-electron chi connectivity index (χ1n) is 6.25. The molecule has 0 aromatic carbocycles. The highest BCUT2D eigenvalue weighted by Crippen LogP contribution is 2.25. The Balaban J connectivity index is 1.89. The summed E-state index contributed by atoms with van der Waals surface area (Å²) in [5.74, 6) is -2.28. The lowest BCUT2D eigenvalue weighted by Gasteiger charge is -2.26. The fraction of sp³-hybridized carbons (Fsp3) is 0.500. The first-order valence-corrected chi connectivity index (χ1v) is 6.25. The fourth-order valence-corrected chi connectivity index (χ4v) is 2.29. The maximum absolute atomic E-state index is 11.8. The van der Waals surface area contributed by atoms with Crippen LogP contribution in [0.15, 0.2) is 16.5 Å². The van der Waals surface area contributed by atoms with Gasteiger partial charge in [0.05, 0.1) is 12.0 Å². The minimum atomic E-state index is -0.809. The molecule has 1 aliphatic carbocycles. The number of nitro groups is 1. The molecule has 0 radical (unpaired) electrons. The molecule has 0 aliphatic heterocycles. The van der Waals surface area contributed by atoms with Crippen LogP contribution in [0.2, 0.25) is 0 Å². The second-order valence-corrected chi connectivity index (χ2v) is 4.76. The van der Waals surface area contributed by atoms with Crippen LogP contribution < -0.4 is 5.32 Å². The van der Waals surface area contributed by atoms with E-state index in [0.29, 0.717) is 25.7 Å². The van der Waals surface area contributed by atoms with Crippen LogP contribution in [0.25, 0.3) is 0 Å². The zero-order valence-electron chi connectivity index (χ0n) is 10.6. The Bertz CT molecular complexity index is 530. The average molecular weight is 282 g/mol. The molecule has 1 saturated carbocycles. The van der Waals surface area contributed by atoms with Gasteiger partial charge in [0.25, 0.3) is 5.91 Å². The lowest BCUT2D eigenvalue weighted by Crippen LogP contribution is -2.38. The number of rotatable bonds is 4. The molecule has 0 bridgehead atoms. The number of hydrogen-bond acceptors (Lipinski definition) is 5. The number of nitrogens with zero attached hydrogens (tertiary/aromatic N) is 1. The molecular formula is C12H14N2O6. The smallest absolute Gasteiger partial charge is 0.433 e. The third kappa shape index (κ3) is 3.14. The largest absolute Gasteiger partial charge is 0.481 e. The van der Waals surface area contributed by atoms with Gasteiger partial charge in [-0.05, 0) is 31.7 Å². The molecule has 1 aromatic heterocycles. The number of amides is 1. The summed E-state index contributed by atoms with van der Waals surface area (Å²) in [6.45, 7) is 0. The molecule has 1 fully saturated rings. The van der Waals surface area contributed by atoms with E-state index in [1.165, 1.54) is 6.07 Å². The van der Waals surface area contributed by atoms with Crippen LogP contribution in [-0.4, -0.2) is 27.9 Å². The molecule has 1 aliphatic rings. The molecule has 0 spiro atoms. The molecule has 8 heteroatoms. The highest BCUT2D eigenvalue weighted by atomic mass is 16.6. The van der Waals surface area contributed by atoms with E-state index in [4.69, 9.17) is 9.52 Å². The van der Waals surface area contributed by atoms with Gasteiger partial charge in [0, 0.05) is 6.04 Å². The molecule has 1 amide bonds. The Labute approximate surface area is 113 Å². The first-order chi connectivity index (χ1) is 9.47. The van der Waals surface area contributed by atoms with Crippen LogP contribution in [0.3, 0.4) is 0 Å². The number of nitrogens with one attached hydrogen (secondary N) is 1. The standard InChI is InChI=1S/C12H14N2O6/c15-11(9-5-6-10(20-9)14(18)19)13-8-3-1-7(2-4-8)12(16)17/h5-8H,1-4H2,(H,13,15)(H,16,17). The first kappa shape index (κ1) is 14.0. The van der Waals surface area contributed by atoms with Crippen molar-refractivity contribution in [2.24, 2.45) is 5.92 Å². The predicted octanol–water partition coefficient (Wildman–Crippen LogP) is 1.56. The molecule has 0 atom stereocenters. The van der Waals surface area contributed by atoms with E-state index in [1.54, 1.807) is 0 Å². The van der Waals surface area contributed by atoms with Gasteiger partial charge in [0.15, 0.2) is 5.76 Å². The van der Waals surface area contributed by atoms with Crippen molar-refractivity contribution in [2.75, 3.05) is 0 Å². The SMILES string of the molecule is O=C(NC1CCC(C(=O)O)CC1)c1ccc([N+](=O)[O-])o1. The van der Waals surface area contributed by atoms with Crippen molar-refractivity contribution >= 4 is 17.8 Å². The van der Waals surface area contributed by atoms with E-state index in [0.717, 1.165) is 6.07 Å². The summed E-state index contributed by atoms with van der Waals surface area (Å²) in [7, 11) is 0. The lowest BCUT2D eigenvalue weighted by atomic mass is 9.86. The number of aliphatic carboxylic acids is 1. The van der Waals surface area contributed by atoms with Crippen LogP contribution in [0.5, 0.6) is 0 Å². The second kappa shape index (κ2) is 5.72. The van der Waals surface area contributed by atoms with E-state index < -0.39 is 22.7 Å². The Hall–Kier alpha value is -2.38. The summed E-state index contributed by atoms with van der Waals surface area (Å²) in [4.78, 5) is 32.4. The van der Waals surface area contributed by atoms with Crippen molar-refractivity contribution in [1.82, 2.24) is 5.32 Å². The summed E-state index contributed by atoms with van der Waals surface area (Å²) in [6.07, 6.45) is 2.17. The molecule has 1 aromatic rings. The summed E-state index contributed by atoms with van der Waals surface area (Å²) < 4.78 is 4.80. The van der Waals surface area contributed by atoms with Crippen LogP contribution in [0.4, 0.5) is 5.88 Å². The number of carbonyl (C=O) groups excluding carboxylic acids is 1. The number of carbonyl (C=O) groups is 2. The summed E-state index contributed by atoms with van der Waals surface area (Å²) in [5.41, 5.74) is 0. The van der Waals surface area contributed by atoms with E-state index in [9.17, 15) is 19.7 Å². The zero-order chi connectivity index (χ0) is 14.7. The van der Waals surface area contributed by atoms with Crippen LogP contribution in [-0.2, 0) is 4.79 Å². The Kier molecular flexibility index (Phi) is 4.02. The van der Waals surface area contributed by atoms with E-state index in [1.807, 2.05) is 0 Å². The van der Waals surface area contributed by atoms with Crippen LogP contribution in [0, 0.1) is 16.0 Å². The highest BCUT2D eigenvalue weighted by Gasteiger charge is 2.27. The quantitative estimate of drug-likeness (QED) is 0.638. The van der Waals surface area contributed by atoms with Gasteiger partial charge in [-0.25, -0.2) is 0 Å². The lowest BCUT2D eigenvalue weighted by molar-refractivity contribution is -0.402. The number of hydrogen-bond donors (Lipinski definition) is 2. The fourth-order valence-electron chi connectivity index (χ4n) is 2.29. The molecule has 0 unspecified atom stereocenters. The van der Waals surface area contributed by atoms with Crippen molar-refractivity contribution in [1.29, 1.82) is 0 Å². The van der Waals surface area contributed by atoms with Crippen molar-refractivity contribution in [3.05, 3.63) is 28.0 Å². The third-order valence-corrected chi connectivity index (χ3v) is 3.41. The summed E-state index contributed by atoms with van der Waals surface area (Å²) in [6, 6.07) is 2.24. The average Bonchev–Trinajstić information content (AvgIpc) is 2.89. The minimum absolute atomic E-state index is 0.114. The Morgan fingerprint density at radius 3 is 2.45 bits per heavy atom. The molecule has 2 rings (SSSR count). The van der Waals surface area contributed by atoms with Crippen molar-refractivity contribution < 1.29 is 24.0 Å². The highest BCUT2D eigenvalue weighted by molar-refractivity contribution is 5.91.